The zero-order valence-corrected chi connectivity index (χ0v) is 18.7. The summed E-state index contributed by atoms with van der Waals surface area (Å²) in [6.07, 6.45) is 0.787. The Morgan fingerprint density at radius 2 is 1.93 bits per heavy atom. The molecule has 1 heterocycles. The summed E-state index contributed by atoms with van der Waals surface area (Å²) >= 11 is 2.18. The van der Waals surface area contributed by atoms with Crippen LogP contribution in [0.2, 0.25) is 0 Å². The molecule has 0 radical (unpaired) electrons. The minimum Gasteiger partial charge on any atom is -0.496 e. The Balaban J connectivity index is 2.19. The number of hydrogen-bond acceptors (Lipinski definition) is 7. The Morgan fingerprint density at radius 3 is 2.50 bits per heavy atom. The highest BCUT2D eigenvalue weighted by Crippen LogP contribution is 2.37. The number of hydrogen-bond donors (Lipinski definition) is 2. The van der Waals surface area contributed by atoms with Gasteiger partial charge in [0.1, 0.15) is 11.5 Å². The summed E-state index contributed by atoms with van der Waals surface area (Å²) in [5.74, 6) is 2.31. The molecule has 0 aliphatic rings. The van der Waals surface area contributed by atoms with E-state index in [4.69, 9.17) is 19.9 Å². The third kappa shape index (κ3) is 5.85. The van der Waals surface area contributed by atoms with Crippen LogP contribution in [-0.4, -0.2) is 29.8 Å². The predicted octanol–water partition coefficient (Wildman–Crippen LogP) is 4.79. The van der Waals surface area contributed by atoms with Gasteiger partial charge in [-0.2, -0.15) is 4.98 Å². The topological polar surface area (TPSA) is 109 Å². The van der Waals surface area contributed by atoms with E-state index in [1.54, 1.807) is 7.11 Å². The maximum atomic E-state index is 11.7. The molecule has 0 atom stereocenters. The Morgan fingerprint density at radius 1 is 1.21 bits per heavy atom. The molecule has 0 aliphatic heterocycles. The molecular weight excluding hydrogens is 475 g/mol. The molecule has 0 saturated carbocycles. The molecule has 0 unspecified atom stereocenters. The summed E-state index contributed by atoms with van der Waals surface area (Å²) in [4.78, 5) is 19.9. The summed E-state index contributed by atoms with van der Waals surface area (Å²) in [6, 6.07) is 3.82. The van der Waals surface area contributed by atoms with Crippen molar-refractivity contribution in [2.75, 3.05) is 24.8 Å². The Hall–Kier alpha value is -2.30. The number of nitrogen functional groups attached to an aromatic ring is 1. The van der Waals surface area contributed by atoms with Crippen molar-refractivity contribution < 1.29 is 19.0 Å². The van der Waals surface area contributed by atoms with Gasteiger partial charge in [-0.1, -0.05) is 27.7 Å². The van der Waals surface area contributed by atoms with Crippen LogP contribution in [0.1, 0.15) is 39.2 Å². The van der Waals surface area contributed by atoms with E-state index in [0.717, 1.165) is 14.9 Å². The normalized spacial score (nSPS) is 10.9. The van der Waals surface area contributed by atoms with E-state index in [2.05, 4.69) is 51.7 Å². The maximum Gasteiger partial charge on any atom is 0.414 e. The van der Waals surface area contributed by atoms with Gasteiger partial charge < -0.3 is 19.9 Å². The SMILES string of the molecule is COc1cc(C(C)C)c(Oc2cnc(NC(=O)OCC(C)C)nc2N)cc1I. The number of nitrogens with two attached hydrogens (primary N) is 1. The third-order valence-corrected chi connectivity index (χ3v) is 4.51. The van der Waals surface area contributed by atoms with Crippen molar-refractivity contribution >= 4 is 40.5 Å². The van der Waals surface area contributed by atoms with Gasteiger partial charge in [-0.25, -0.2) is 9.78 Å². The van der Waals surface area contributed by atoms with Gasteiger partial charge in [-0.15, -0.1) is 0 Å². The number of amides is 1. The minimum atomic E-state index is -0.631. The largest absolute Gasteiger partial charge is 0.496 e. The van der Waals surface area contributed by atoms with Gasteiger partial charge in [-0.05, 0) is 46.6 Å². The van der Waals surface area contributed by atoms with E-state index in [9.17, 15) is 4.79 Å². The zero-order valence-electron chi connectivity index (χ0n) is 16.6. The smallest absolute Gasteiger partial charge is 0.414 e. The first-order valence-electron chi connectivity index (χ1n) is 8.82. The molecule has 1 amide bonds. The van der Waals surface area contributed by atoms with Crippen molar-refractivity contribution in [3.05, 3.63) is 27.5 Å². The summed E-state index contributed by atoms with van der Waals surface area (Å²) in [6.45, 7) is 8.31. The summed E-state index contributed by atoms with van der Waals surface area (Å²) in [5.41, 5.74) is 6.96. The average molecular weight is 500 g/mol. The highest BCUT2D eigenvalue weighted by Gasteiger charge is 2.16. The third-order valence-electron chi connectivity index (χ3n) is 3.67. The van der Waals surface area contributed by atoms with Crippen molar-refractivity contribution in [1.29, 1.82) is 0 Å². The molecule has 3 N–H and O–H groups in total. The number of benzene rings is 1. The van der Waals surface area contributed by atoms with E-state index >= 15 is 0 Å². The van der Waals surface area contributed by atoms with Gasteiger partial charge in [-0.3, -0.25) is 5.32 Å². The van der Waals surface area contributed by atoms with Gasteiger partial charge in [0, 0.05) is 5.56 Å². The van der Waals surface area contributed by atoms with Gasteiger partial charge >= 0.3 is 6.09 Å². The molecule has 1 aromatic carbocycles. The standard InChI is InChI=1S/C19H25IN4O4/c1-10(2)9-27-19(25)24-18-22-8-16(17(21)23-18)28-14-7-13(20)15(26-5)6-12(14)11(3)4/h6-8,10-11H,9H2,1-5H3,(H3,21,22,23,24,25). The minimum absolute atomic E-state index is 0.0481. The van der Waals surface area contributed by atoms with Gasteiger partial charge in [0.15, 0.2) is 11.6 Å². The van der Waals surface area contributed by atoms with E-state index in [1.165, 1.54) is 6.20 Å². The molecule has 0 bridgehead atoms. The average Bonchev–Trinajstić information content (AvgIpc) is 2.62. The van der Waals surface area contributed by atoms with Crippen LogP contribution in [0.3, 0.4) is 0 Å². The van der Waals surface area contributed by atoms with Crippen molar-refractivity contribution in [2.24, 2.45) is 5.92 Å². The van der Waals surface area contributed by atoms with Crippen LogP contribution in [0.25, 0.3) is 0 Å². The summed E-state index contributed by atoms with van der Waals surface area (Å²) < 4.78 is 17.3. The van der Waals surface area contributed by atoms with Crippen LogP contribution in [-0.2, 0) is 4.74 Å². The monoisotopic (exact) mass is 500 g/mol. The predicted molar refractivity (Wildman–Crippen MR) is 116 cm³/mol. The number of nitrogens with one attached hydrogen (secondary N) is 1. The number of ether oxygens (including phenoxy) is 3. The number of aromatic nitrogens is 2. The first-order valence-corrected chi connectivity index (χ1v) is 9.90. The molecule has 2 aromatic rings. The van der Waals surface area contributed by atoms with Gasteiger partial charge in [0.05, 0.1) is 23.5 Å². The molecular formula is C19H25IN4O4. The highest BCUT2D eigenvalue weighted by molar-refractivity contribution is 14.1. The molecule has 0 aliphatic carbocycles. The van der Waals surface area contributed by atoms with Crippen molar-refractivity contribution in [3.63, 3.8) is 0 Å². The molecule has 1 aromatic heterocycles. The second-order valence-electron chi connectivity index (χ2n) is 6.84. The first-order chi connectivity index (χ1) is 13.2. The molecule has 0 fully saturated rings. The van der Waals surface area contributed by atoms with Crippen LogP contribution in [0.5, 0.6) is 17.2 Å². The lowest BCUT2D eigenvalue weighted by Crippen LogP contribution is -2.18. The number of methoxy groups -OCH3 is 1. The number of rotatable bonds is 7. The van der Waals surface area contributed by atoms with Crippen molar-refractivity contribution in [2.45, 2.75) is 33.6 Å². The zero-order chi connectivity index (χ0) is 20.8. The highest BCUT2D eigenvalue weighted by atomic mass is 127. The molecule has 0 spiro atoms. The lowest BCUT2D eigenvalue weighted by molar-refractivity contribution is 0.147. The molecule has 2 rings (SSSR count). The Kier molecular flexibility index (Phi) is 7.67. The number of anilines is 2. The maximum absolute atomic E-state index is 11.7. The van der Waals surface area contributed by atoms with Crippen LogP contribution < -0.4 is 20.5 Å². The Labute approximate surface area is 178 Å². The van der Waals surface area contributed by atoms with E-state index in [-0.39, 0.29) is 23.6 Å². The second-order valence-corrected chi connectivity index (χ2v) is 8.00. The van der Waals surface area contributed by atoms with Crippen LogP contribution in [0.4, 0.5) is 16.6 Å². The molecule has 28 heavy (non-hydrogen) atoms. The number of carbonyl (C=O) groups is 1. The van der Waals surface area contributed by atoms with E-state index in [0.29, 0.717) is 18.1 Å². The number of carbonyl (C=O) groups excluding carboxylic acids is 1. The second kappa shape index (κ2) is 9.76. The fourth-order valence-electron chi connectivity index (χ4n) is 2.26. The van der Waals surface area contributed by atoms with Gasteiger partial charge in [0.25, 0.3) is 0 Å². The van der Waals surface area contributed by atoms with E-state index in [1.807, 2.05) is 26.0 Å². The van der Waals surface area contributed by atoms with Crippen LogP contribution >= 0.6 is 22.6 Å². The van der Waals surface area contributed by atoms with Gasteiger partial charge in [0.2, 0.25) is 5.95 Å². The molecule has 0 saturated heterocycles. The lowest BCUT2D eigenvalue weighted by Gasteiger charge is -2.17. The quantitative estimate of drug-likeness (QED) is 0.526. The summed E-state index contributed by atoms with van der Waals surface area (Å²) in [7, 11) is 1.63. The van der Waals surface area contributed by atoms with Crippen LogP contribution in [0.15, 0.2) is 18.3 Å². The number of nitrogens with zero attached hydrogens (tertiary/aromatic N) is 2. The fraction of sp³-hybridized carbons (Fsp3) is 0.421. The van der Waals surface area contributed by atoms with Crippen LogP contribution in [0, 0.1) is 9.49 Å². The lowest BCUT2D eigenvalue weighted by atomic mass is 10.0. The molecule has 9 heteroatoms. The summed E-state index contributed by atoms with van der Waals surface area (Å²) in [5, 5.41) is 2.45. The Bertz CT molecular complexity index is 843. The fourth-order valence-corrected chi connectivity index (χ4v) is 2.92. The molecule has 152 valence electrons. The van der Waals surface area contributed by atoms with Crippen molar-refractivity contribution in [3.8, 4) is 17.2 Å². The molecule has 8 nitrogen and oxygen atoms in total. The first kappa shape index (κ1) is 22.0. The van der Waals surface area contributed by atoms with Crippen molar-refractivity contribution in [1.82, 2.24) is 9.97 Å². The number of halogens is 1. The van der Waals surface area contributed by atoms with E-state index < -0.39 is 6.09 Å².